The van der Waals surface area contributed by atoms with E-state index in [2.05, 4.69) is 6.92 Å². The van der Waals surface area contributed by atoms with Crippen molar-refractivity contribution in [2.75, 3.05) is 0 Å². The van der Waals surface area contributed by atoms with Crippen LogP contribution in [0.2, 0.25) is 6.04 Å². The molecule has 0 N–H and O–H groups in total. The van der Waals surface area contributed by atoms with Gasteiger partial charge >= 0.3 is 8.80 Å². The van der Waals surface area contributed by atoms with Gasteiger partial charge in [-0.2, -0.15) is 0 Å². The van der Waals surface area contributed by atoms with E-state index in [4.69, 9.17) is 22.8 Å². The highest BCUT2D eigenvalue weighted by atomic mass is 28.4. The standard InChI is InChI=1S/C21H30O8Si/c1-6-11-21(5)25-14-19-13-18(9-10-20(19)26-21)8-7-12-30(27-15(2)22,28-16(3)23)29-17(4)24/h9-10,13H,6-8,11-12,14H2,1-5H3. The lowest BCUT2D eigenvalue weighted by Crippen LogP contribution is -2.49. The van der Waals surface area contributed by atoms with Crippen LogP contribution in [0.5, 0.6) is 5.75 Å². The summed E-state index contributed by atoms with van der Waals surface area (Å²) < 4.78 is 27.5. The largest absolute Gasteiger partial charge is 0.705 e. The van der Waals surface area contributed by atoms with Crippen LogP contribution in [0.3, 0.4) is 0 Å². The monoisotopic (exact) mass is 438 g/mol. The second kappa shape index (κ2) is 10.1. The maximum atomic E-state index is 11.5. The molecular formula is C21H30O8Si. The van der Waals surface area contributed by atoms with E-state index in [0.717, 1.165) is 29.7 Å². The Morgan fingerprint density at radius 2 is 1.67 bits per heavy atom. The summed E-state index contributed by atoms with van der Waals surface area (Å²) in [5.74, 6) is -1.79. The van der Waals surface area contributed by atoms with Gasteiger partial charge in [0.15, 0.2) is 0 Å². The summed E-state index contributed by atoms with van der Waals surface area (Å²) in [5, 5.41) is 0. The van der Waals surface area contributed by atoms with Crippen LogP contribution < -0.4 is 4.74 Å². The molecule has 30 heavy (non-hydrogen) atoms. The lowest BCUT2D eigenvalue weighted by molar-refractivity contribution is -0.197. The third-order valence-corrected chi connectivity index (χ3v) is 7.30. The third-order valence-electron chi connectivity index (χ3n) is 4.53. The molecule has 1 aliphatic heterocycles. The van der Waals surface area contributed by atoms with Crippen LogP contribution in [0.25, 0.3) is 0 Å². The Labute approximate surface area is 178 Å². The highest BCUT2D eigenvalue weighted by Crippen LogP contribution is 2.34. The smallest absolute Gasteiger partial charge is 0.462 e. The average molecular weight is 439 g/mol. The van der Waals surface area contributed by atoms with Gasteiger partial charge in [0, 0.05) is 39.7 Å². The summed E-state index contributed by atoms with van der Waals surface area (Å²) in [6.07, 6.45) is 2.87. The molecule has 2 rings (SSSR count). The van der Waals surface area contributed by atoms with Crippen molar-refractivity contribution in [3.8, 4) is 5.75 Å². The van der Waals surface area contributed by atoms with Gasteiger partial charge in [0.25, 0.3) is 17.9 Å². The fraction of sp³-hybridized carbons (Fsp3) is 0.571. The molecule has 1 heterocycles. The van der Waals surface area contributed by atoms with E-state index in [9.17, 15) is 14.4 Å². The van der Waals surface area contributed by atoms with Crippen LogP contribution in [0.4, 0.5) is 0 Å². The predicted molar refractivity (Wildman–Crippen MR) is 109 cm³/mol. The van der Waals surface area contributed by atoms with Crippen molar-refractivity contribution in [1.82, 2.24) is 0 Å². The lowest BCUT2D eigenvalue weighted by atomic mass is 10.0. The molecule has 8 nitrogen and oxygen atoms in total. The Morgan fingerprint density at radius 3 is 2.20 bits per heavy atom. The molecule has 1 aliphatic rings. The van der Waals surface area contributed by atoms with E-state index in [1.165, 1.54) is 20.8 Å². The molecule has 1 aromatic rings. The van der Waals surface area contributed by atoms with E-state index < -0.39 is 32.5 Å². The van der Waals surface area contributed by atoms with E-state index in [0.29, 0.717) is 19.4 Å². The van der Waals surface area contributed by atoms with E-state index in [1.807, 2.05) is 25.1 Å². The van der Waals surface area contributed by atoms with Crippen molar-refractivity contribution in [3.63, 3.8) is 0 Å². The number of ether oxygens (including phenoxy) is 2. The first-order chi connectivity index (χ1) is 14.1. The first-order valence-electron chi connectivity index (χ1n) is 10.1. The lowest BCUT2D eigenvalue weighted by Gasteiger charge is -2.35. The molecule has 0 saturated carbocycles. The van der Waals surface area contributed by atoms with E-state index in [-0.39, 0.29) is 6.04 Å². The number of aryl methyl sites for hydroxylation is 1. The highest BCUT2D eigenvalue weighted by Gasteiger charge is 2.51. The van der Waals surface area contributed by atoms with Gasteiger partial charge in [-0.05, 0) is 37.0 Å². The number of benzene rings is 1. The molecule has 0 radical (unpaired) electrons. The zero-order chi connectivity index (χ0) is 22.4. The van der Waals surface area contributed by atoms with Crippen molar-refractivity contribution >= 4 is 26.7 Å². The zero-order valence-electron chi connectivity index (χ0n) is 18.2. The van der Waals surface area contributed by atoms with Crippen molar-refractivity contribution in [2.24, 2.45) is 0 Å². The number of carbonyl (C=O) groups excluding carboxylic acids is 3. The van der Waals surface area contributed by atoms with Crippen molar-refractivity contribution in [1.29, 1.82) is 0 Å². The third kappa shape index (κ3) is 6.84. The SMILES string of the molecule is CCCC1(C)OCc2cc(CCC[Si](OC(C)=O)(OC(C)=O)OC(C)=O)ccc2O1. The molecule has 1 aromatic carbocycles. The zero-order valence-corrected chi connectivity index (χ0v) is 19.2. The van der Waals surface area contributed by atoms with Crippen LogP contribution >= 0.6 is 0 Å². The second-order valence-corrected chi connectivity index (χ2v) is 10.0. The highest BCUT2D eigenvalue weighted by molar-refractivity contribution is 6.65. The summed E-state index contributed by atoms with van der Waals surface area (Å²) in [4.78, 5) is 34.6. The Morgan fingerprint density at radius 1 is 1.07 bits per heavy atom. The Balaban J connectivity index is 2.07. The molecule has 1 unspecified atom stereocenters. The van der Waals surface area contributed by atoms with Crippen LogP contribution in [-0.2, 0) is 45.4 Å². The summed E-state index contributed by atoms with van der Waals surface area (Å²) in [7, 11) is -3.79. The number of rotatable bonds is 9. The molecule has 166 valence electrons. The minimum atomic E-state index is -3.79. The van der Waals surface area contributed by atoms with Gasteiger partial charge in [-0.25, -0.2) is 0 Å². The number of carbonyl (C=O) groups is 3. The summed E-state index contributed by atoms with van der Waals surface area (Å²) >= 11 is 0. The minimum absolute atomic E-state index is 0.143. The molecule has 0 fully saturated rings. The summed E-state index contributed by atoms with van der Waals surface area (Å²) in [5.41, 5.74) is 1.99. The first kappa shape index (κ1) is 23.9. The van der Waals surface area contributed by atoms with Gasteiger partial charge in [0.05, 0.1) is 12.7 Å². The second-order valence-electron chi connectivity index (χ2n) is 7.53. The van der Waals surface area contributed by atoms with Gasteiger partial charge in [-0.3, -0.25) is 14.4 Å². The van der Waals surface area contributed by atoms with Gasteiger partial charge in [0.2, 0.25) is 5.79 Å². The normalized spacial score (nSPS) is 18.0. The predicted octanol–water partition coefficient (Wildman–Crippen LogP) is 3.67. The maximum absolute atomic E-state index is 11.5. The molecule has 0 amide bonds. The van der Waals surface area contributed by atoms with Crippen LogP contribution in [0.1, 0.15) is 65.0 Å². The van der Waals surface area contributed by atoms with Gasteiger partial charge in [-0.15, -0.1) is 0 Å². The van der Waals surface area contributed by atoms with Gasteiger partial charge in [-0.1, -0.05) is 13.0 Å². The average Bonchev–Trinajstić information content (AvgIpc) is 2.60. The first-order valence-corrected chi connectivity index (χ1v) is 12.0. The van der Waals surface area contributed by atoms with Crippen molar-refractivity contribution in [2.45, 2.75) is 78.7 Å². The Bertz CT molecular complexity index is 752. The molecule has 0 spiro atoms. The quantitative estimate of drug-likeness (QED) is 0.539. The molecule has 0 aliphatic carbocycles. The number of fused-ring (bicyclic) bond motifs is 1. The number of hydrogen-bond donors (Lipinski definition) is 0. The van der Waals surface area contributed by atoms with Gasteiger partial charge in [0.1, 0.15) is 5.75 Å². The fourth-order valence-corrected chi connectivity index (χ4v) is 5.81. The molecular weight excluding hydrogens is 408 g/mol. The summed E-state index contributed by atoms with van der Waals surface area (Å²) in [6.45, 7) is 8.05. The molecule has 0 bridgehead atoms. The van der Waals surface area contributed by atoms with Crippen molar-refractivity contribution in [3.05, 3.63) is 29.3 Å². The van der Waals surface area contributed by atoms with Gasteiger partial charge < -0.3 is 22.8 Å². The fourth-order valence-electron chi connectivity index (χ4n) is 3.45. The number of hydrogen-bond acceptors (Lipinski definition) is 8. The topological polar surface area (TPSA) is 97.4 Å². The maximum Gasteiger partial charge on any atom is 0.705 e. The molecule has 0 saturated heterocycles. The van der Waals surface area contributed by atoms with E-state index in [1.54, 1.807) is 0 Å². The molecule has 1 atom stereocenters. The summed E-state index contributed by atoms with van der Waals surface area (Å²) in [6, 6.07) is 6.04. The molecule has 9 heteroatoms. The van der Waals surface area contributed by atoms with Crippen LogP contribution in [0.15, 0.2) is 18.2 Å². The Hall–Kier alpha value is -2.39. The van der Waals surface area contributed by atoms with Crippen LogP contribution in [0, 0.1) is 0 Å². The molecule has 0 aromatic heterocycles. The van der Waals surface area contributed by atoms with Crippen molar-refractivity contribution < 1.29 is 37.1 Å². The van der Waals surface area contributed by atoms with Crippen LogP contribution in [-0.4, -0.2) is 32.5 Å². The van der Waals surface area contributed by atoms with E-state index >= 15 is 0 Å². The minimum Gasteiger partial charge on any atom is -0.462 e. The Kier molecular flexibility index (Phi) is 8.02.